The van der Waals surface area contributed by atoms with Crippen molar-refractivity contribution in [3.05, 3.63) is 29.8 Å². The van der Waals surface area contributed by atoms with E-state index in [1.165, 1.54) is 19.1 Å². The molecule has 5 heteroatoms. The van der Waals surface area contributed by atoms with Crippen LogP contribution in [0.3, 0.4) is 0 Å². The molecule has 0 aromatic heterocycles. The van der Waals surface area contributed by atoms with E-state index in [0.717, 1.165) is 0 Å². The summed E-state index contributed by atoms with van der Waals surface area (Å²) in [5, 5.41) is 16.9. The molecular formula is C8H9BO4. The van der Waals surface area contributed by atoms with Gasteiger partial charge in [-0.3, -0.25) is 4.79 Å². The maximum Gasteiger partial charge on any atom is 0.707 e. The highest BCUT2D eigenvalue weighted by molar-refractivity contribution is 6.33. The van der Waals surface area contributed by atoms with Crippen molar-refractivity contribution in [2.75, 3.05) is 0 Å². The lowest BCUT2D eigenvalue weighted by Gasteiger charge is -2.03. The zero-order valence-electron chi connectivity index (χ0n) is 7.10. The molecule has 0 atom stereocenters. The summed E-state index contributed by atoms with van der Waals surface area (Å²) < 4.78 is 4.55. The summed E-state index contributed by atoms with van der Waals surface area (Å²) in [4.78, 5) is 10.8. The number of Topliss-reactive ketones (excluding diaryl/α,β-unsaturated/α-hetero) is 1. The quantitative estimate of drug-likeness (QED) is 0.516. The highest BCUT2D eigenvalue weighted by Crippen LogP contribution is 2.12. The predicted molar refractivity (Wildman–Crippen MR) is 47.3 cm³/mol. The van der Waals surface area contributed by atoms with Crippen molar-refractivity contribution >= 4 is 13.1 Å². The van der Waals surface area contributed by atoms with Crippen LogP contribution in [-0.2, 0) is 0 Å². The summed E-state index contributed by atoms with van der Waals surface area (Å²) in [6, 6.07) is 6.10. The zero-order valence-corrected chi connectivity index (χ0v) is 7.10. The van der Waals surface area contributed by atoms with Crippen LogP contribution in [0.15, 0.2) is 24.3 Å². The van der Waals surface area contributed by atoms with Crippen molar-refractivity contribution in [1.29, 1.82) is 0 Å². The molecular weight excluding hydrogens is 171 g/mol. The molecule has 0 radical (unpaired) electrons. The van der Waals surface area contributed by atoms with E-state index < -0.39 is 7.32 Å². The van der Waals surface area contributed by atoms with Gasteiger partial charge >= 0.3 is 7.32 Å². The first kappa shape index (κ1) is 9.76. The molecule has 0 spiro atoms. The van der Waals surface area contributed by atoms with E-state index in [0.29, 0.717) is 11.3 Å². The molecule has 1 aromatic rings. The Morgan fingerprint density at radius 2 is 1.85 bits per heavy atom. The van der Waals surface area contributed by atoms with Crippen molar-refractivity contribution in [3.63, 3.8) is 0 Å². The third kappa shape index (κ3) is 2.89. The molecule has 0 heterocycles. The first-order valence-corrected chi connectivity index (χ1v) is 3.73. The Kier molecular flexibility index (Phi) is 3.05. The van der Waals surface area contributed by atoms with Gasteiger partial charge in [0.2, 0.25) is 0 Å². The number of hydrogen-bond donors (Lipinski definition) is 2. The van der Waals surface area contributed by atoms with Gasteiger partial charge in [0.15, 0.2) is 5.78 Å². The summed E-state index contributed by atoms with van der Waals surface area (Å²) in [7, 11) is -1.83. The molecule has 0 aliphatic rings. The smallest absolute Gasteiger partial charge is 0.512 e. The Balaban J connectivity index is 2.75. The molecule has 0 unspecified atom stereocenters. The zero-order chi connectivity index (χ0) is 9.84. The van der Waals surface area contributed by atoms with Crippen LogP contribution < -0.4 is 4.65 Å². The fourth-order valence-electron chi connectivity index (χ4n) is 0.890. The molecule has 0 fully saturated rings. The lowest BCUT2D eigenvalue weighted by Crippen LogP contribution is -2.20. The highest BCUT2D eigenvalue weighted by Gasteiger charge is 2.10. The summed E-state index contributed by atoms with van der Waals surface area (Å²) in [6.45, 7) is 1.46. The van der Waals surface area contributed by atoms with Crippen molar-refractivity contribution in [2.24, 2.45) is 0 Å². The van der Waals surface area contributed by atoms with Gasteiger partial charge in [0.05, 0.1) is 0 Å². The van der Waals surface area contributed by atoms with Gasteiger partial charge in [-0.1, -0.05) is 0 Å². The topological polar surface area (TPSA) is 66.8 Å². The van der Waals surface area contributed by atoms with E-state index in [4.69, 9.17) is 10.0 Å². The Bertz CT molecular complexity index is 294. The molecule has 13 heavy (non-hydrogen) atoms. The minimum absolute atomic E-state index is 0.0453. The van der Waals surface area contributed by atoms with Crippen LogP contribution in [0.4, 0.5) is 0 Å². The predicted octanol–water partition coefficient (Wildman–Crippen LogP) is 0.237. The average Bonchev–Trinajstić information content (AvgIpc) is 2.04. The van der Waals surface area contributed by atoms with Crippen molar-refractivity contribution in [1.82, 2.24) is 0 Å². The first-order chi connectivity index (χ1) is 6.09. The first-order valence-electron chi connectivity index (χ1n) is 3.73. The Morgan fingerprint density at radius 3 is 2.23 bits per heavy atom. The molecule has 0 saturated carbocycles. The lowest BCUT2D eigenvalue weighted by atomic mass is 10.1. The fourth-order valence-corrected chi connectivity index (χ4v) is 0.890. The average molecular weight is 180 g/mol. The summed E-state index contributed by atoms with van der Waals surface area (Å²) in [6.07, 6.45) is 0. The Morgan fingerprint density at radius 1 is 1.31 bits per heavy atom. The molecule has 2 N–H and O–H groups in total. The van der Waals surface area contributed by atoms with Crippen molar-refractivity contribution in [2.45, 2.75) is 6.92 Å². The van der Waals surface area contributed by atoms with Gasteiger partial charge in [-0.25, -0.2) is 0 Å². The molecule has 0 aliphatic carbocycles. The van der Waals surface area contributed by atoms with E-state index in [1.54, 1.807) is 12.1 Å². The van der Waals surface area contributed by atoms with Crippen LogP contribution in [0, 0.1) is 0 Å². The molecule has 0 aliphatic heterocycles. The van der Waals surface area contributed by atoms with Gasteiger partial charge in [-0.05, 0) is 31.2 Å². The third-order valence-electron chi connectivity index (χ3n) is 1.50. The van der Waals surface area contributed by atoms with Crippen LogP contribution in [0.2, 0.25) is 0 Å². The monoisotopic (exact) mass is 180 g/mol. The van der Waals surface area contributed by atoms with Gasteiger partial charge in [0.25, 0.3) is 0 Å². The lowest BCUT2D eigenvalue weighted by molar-refractivity contribution is 0.101. The van der Waals surface area contributed by atoms with Crippen LogP contribution in [-0.4, -0.2) is 23.2 Å². The van der Waals surface area contributed by atoms with Gasteiger partial charge in [0, 0.05) is 5.56 Å². The largest absolute Gasteiger partial charge is 0.707 e. The molecule has 4 nitrogen and oxygen atoms in total. The normalized spacial score (nSPS) is 9.46. The maximum absolute atomic E-state index is 10.8. The summed E-state index contributed by atoms with van der Waals surface area (Å²) in [5.41, 5.74) is 0.555. The molecule has 0 bridgehead atoms. The van der Waals surface area contributed by atoms with Gasteiger partial charge in [0.1, 0.15) is 5.75 Å². The van der Waals surface area contributed by atoms with Crippen molar-refractivity contribution in [3.8, 4) is 5.75 Å². The summed E-state index contributed by atoms with van der Waals surface area (Å²) >= 11 is 0. The summed E-state index contributed by atoms with van der Waals surface area (Å²) in [5.74, 6) is 0.260. The molecule has 68 valence electrons. The van der Waals surface area contributed by atoms with E-state index in [1.807, 2.05) is 0 Å². The number of rotatable bonds is 3. The van der Waals surface area contributed by atoms with E-state index >= 15 is 0 Å². The van der Waals surface area contributed by atoms with Crippen LogP contribution >= 0.6 is 0 Å². The standard InChI is InChI=1S/C8H9BO4/c1-6(10)7-2-4-8(5-3-7)13-9(11)12/h2-5,11-12H,1H3. The van der Waals surface area contributed by atoms with Gasteiger partial charge in [-0.15, -0.1) is 0 Å². The molecule has 0 amide bonds. The number of ketones is 1. The number of carbonyl (C=O) groups excluding carboxylic acids is 1. The van der Waals surface area contributed by atoms with Gasteiger partial charge in [-0.2, -0.15) is 0 Å². The second kappa shape index (κ2) is 4.07. The maximum atomic E-state index is 10.8. The number of carbonyl (C=O) groups is 1. The number of hydrogen-bond acceptors (Lipinski definition) is 4. The third-order valence-corrected chi connectivity index (χ3v) is 1.50. The van der Waals surface area contributed by atoms with Crippen LogP contribution in [0.5, 0.6) is 5.75 Å². The van der Waals surface area contributed by atoms with Crippen molar-refractivity contribution < 1.29 is 19.5 Å². The van der Waals surface area contributed by atoms with E-state index in [9.17, 15) is 4.79 Å². The SMILES string of the molecule is CC(=O)c1ccc(OB(O)O)cc1. The minimum atomic E-state index is -1.83. The Hall–Kier alpha value is -1.33. The molecule has 1 aromatic carbocycles. The van der Waals surface area contributed by atoms with Crippen LogP contribution in [0.1, 0.15) is 17.3 Å². The second-order valence-electron chi connectivity index (χ2n) is 2.52. The highest BCUT2D eigenvalue weighted by atomic mass is 16.6. The van der Waals surface area contributed by atoms with E-state index in [2.05, 4.69) is 4.65 Å². The van der Waals surface area contributed by atoms with E-state index in [-0.39, 0.29) is 5.78 Å². The second-order valence-corrected chi connectivity index (χ2v) is 2.52. The van der Waals surface area contributed by atoms with Gasteiger partial charge < -0.3 is 14.7 Å². The minimum Gasteiger partial charge on any atom is -0.512 e. The molecule has 0 saturated heterocycles. The fraction of sp³-hybridized carbons (Fsp3) is 0.125. The number of benzene rings is 1. The Labute approximate surface area is 76.0 Å². The molecule has 1 rings (SSSR count). The van der Waals surface area contributed by atoms with Crippen LogP contribution in [0.25, 0.3) is 0 Å².